The third kappa shape index (κ3) is 1.78. The zero-order valence-corrected chi connectivity index (χ0v) is 9.69. The van der Waals surface area contributed by atoms with Gasteiger partial charge in [-0.3, -0.25) is 0 Å². The Hall–Kier alpha value is -0.940. The highest BCUT2D eigenvalue weighted by Crippen LogP contribution is 2.15. The predicted octanol–water partition coefficient (Wildman–Crippen LogP) is 1.55. The van der Waals surface area contributed by atoms with E-state index in [2.05, 4.69) is 30.9 Å². The molecule has 0 aliphatic rings. The largest absolute Gasteiger partial charge is 0.305 e. The summed E-state index contributed by atoms with van der Waals surface area (Å²) in [5.74, 6) is 0. The van der Waals surface area contributed by atoms with Crippen molar-refractivity contribution in [1.29, 1.82) is 0 Å². The lowest BCUT2D eigenvalue weighted by atomic mass is 10.3. The van der Waals surface area contributed by atoms with Crippen molar-refractivity contribution in [3.8, 4) is 0 Å². The minimum absolute atomic E-state index is 0.854. The standard InChI is InChI=1S/C9H11BrN4/c1-13(2)5-7-3-11-9-8(10)4-12-14(9)6-7/h3-4,6H,5H2,1-2H3. The summed E-state index contributed by atoms with van der Waals surface area (Å²) in [5, 5.41) is 4.17. The molecule has 0 radical (unpaired) electrons. The van der Waals surface area contributed by atoms with E-state index in [0.717, 1.165) is 22.2 Å². The van der Waals surface area contributed by atoms with Crippen LogP contribution in [-0.2, 0) is 6.54 Å². The topological polar surface area (TPSA) is 33.4 Å². The van der Waals surface area contributed by atoms with Crippen LogP contribution in [0.15, 0.2) is 23.1 Å². The Morgan fingerprint density at radius 1 is 1.43 bits per heavy atom. The van der Waals surface area contributed by atoms with Gasteiger partial charge in [0.15, 0.2) is 5.65 Å². The fourth-order valence-electron chi connectivity index (χ4n) is 1.33. The average molecular weight is 255 g/mol. The molecule has 0 amide bonds. The number of rotatable bonds is 2. The van der Waals surface area contributed by atoms with Crippen molar-refractivity contribution in [2.24, 2.45) is 0 Å². The molecule has 0 unspecified atom stereocenters. The van der Waals surface area contributed by atoms with Crippen LogP contribution >= 0.6 is 15.9 Å². The number of fused-ring (bicyclic) bond motifs is 1. The molecule has 2 aromatic heterocycles. The second-order valence-electron chi connectivity index (χ2n) is 3.46. The van der Waals surface area contributed by atoms with E-state index in [9.17, 15) is 0 Å². The smallest absolute Gasteiger partial charge is 0.169 e. The molecule has 0 fully saturated rings. The van der Waals surface area contributed by atoms with Gasteiger partial charge in [0.2, 0.25) is 0 Å². The number of hydrogen-bond donors (Lipinski definition) is 0. The first-order chi connectivity index (χ1) is 6.66. The van der Waals surface area contributed by atoms with E-state index < -0.39 is 0 Å². The third-order valence-electron chi connectivity index (χ3n) is 1.87. The van der Waals surface area contributed by atoms with E-state index in [1.54, 1.807) is 10.7 Å². The molecule has 0 saturated carbocycles. The molecular weight excluding hydrogens is 244 g/mol. The number of halogens is 1. The third-order valence-corrected chi connectivity index (χ3v) is 2.43. The molecule has 0 bridgehead atoms. The van der Waals surface area contributed by atoms with Gasteiger partial charge in [0.25, 0.3) is 0 Å². The molecule has 5 heteroatoms. The number of aromatic nitrogens is 3. The van der Waals surface area contributed by atoms with Gasteiger partial charge >= 0.3 is 0 Å². The monoisotopic (exact) mass is 254 g/mol. The highest BCUT2D eigenvalue weighted by molar-refractivity contribution is 9.10. The minimum Gasteiger partial charge on any atom is -0.305 e. The van der Waals surface area contributed by atoms with Crippen LogP contribution in [0.1, 0.15) is 5.56 Å². The normalized spacial score (nSPS) is 11.4. The highest BCUT2D eigenvalue weighted by atomic mass is 79.9. The van der Waals surface area contributed by atoms with Gasteiger partial charge < -0.3 is 4.90 Å². The second kappa shape index (κ2) is 3.67. The highest BCUT2D eigenvalue weighted by Gasteiger charge is 2.03. The lowest BCUT2D eigenvalue weighted by molar-refractivity contribution is 0.401. The van der Waals surface area contributed by atoms with E-state index in [1.165, 1.54) is 0 Å². The Kier molecular flexibility index (Phi) is 2.52. The Morgan fingerprint density at radius 3 is 2.93 bits per heavy atom. The van der Waals surface area contributed by atoms with E-state index >= 15 is 0 Å². The molecule has 0 aromatic carbocycles. The zero-order chi connectivity index (χ0) is 10.1. The van der Waals surface area contributed by atoms with Crippen molar-refractivity contribution in [2.75, 3.05) is 14.1 Å². The summed E-state index contributed by atoms with van der Waals surface area (Å²) in [5.41, 5.74) is 2.01. The molecule has 0 aliphatic carbocycles. The molecule has 4 nitrogen and oxygen atoms in total. The summed E-state index contributed by atoms with van der Waals surface area (Å²) in [4.78, 5) is 6.42. The van der Waals surface area contributed by atoms with Gasteiger partial charge in [-0.25, -0.2) is 9.50 Å². The van der Waals surface area contributed by atoms with Crippen LogP contribution in [0.5, 0.6) is 0 Å². The fourth-order valence-corrected chi connectivity index (χ4v) is 1.71. The van der Waals surface area contributed by atoms with Crippen LogP contribution in [-0.4, -0.2) is 33.6 Å². The van der Waals surface area contributed by atoms with Crippen LogP contribution in [0, 0.1) is 0 Å². The predicted molar refractivity (Wildman–Crippen MR) is 58.1 cm³/mol. The molecule has 0 saturated heterocycles. The maximum absolute atomic E-state index is 4.32. The fraction of sp³-hybridized carbons (Fsp3) is 0.333. The van der Waals surface area contributed by atoms with Crippen LogP contribution in [0.4, 0.5) is 0 Å². The van der Waals surface area contributed by atoms with Crippen LogP contribution in [0.3, 0.4) is 0 Å². The van der Waals surface area contributed by atoms with Crippen LogP contribution in [0.25, 0.3) is 5.65 Å². The van der Waals surface area contributed by atoms with E-state index in [-0.39, 0.29) is 0 Å². The van der Waals surface area contributed by atoms with Gasteiger partial charge in [-0.2, -0.15) is 5.10 Å². The number of hydrogen-bond acceptors (Lipinski definition) is 3. The lowest BCUT2D eigenvalue weighted by Crippen LogP contribution is -2.11. The average Bonchev–Trinajstić information content (AvgIpc) is 2.46. The van der Waals surface area contributed by atoms with Gasteiger partial charge in [-0.15, -0.1) is 0 Å². The van der Waals surface area contributed by atoms with Crippen molar-refractivity contribution >= 4 is 21.6 Å². The summed E-state index contributed by atoms with van der Waals surface area (Å²) < 4.78 is 2.71. The van der Waals surface area contributed by atoms with Crippen molar-refractivity contribution in [2.45, 2.75) is 6.54 Å². The molecule has 2 aromatic rings. The van der Waals surface area contributed by atoms with Crippen LogP contribution < -0.4 is 0 Å². The van der Waals surface area contributed by atoms with Crippen molar-refractivity contribution in [1.82, 2.24) is 19.5 Å². The van der Waals surface area contributed by atoms with Crippen LogP contribution in [0.2, 0.25) is 0 Å². The Labute approximate surface area is 90.7 Å². The molecule has 0 spiro atoms. The summed E-state index contributed by atoms with van der Waals surface area (Å²) >= 11 is 3.39. The Morgan fingerprint density at radius 2 is 2.21 bits per heavy atom. The summed E-state index contributed by atoms with van der Waals surface area (Å²) in [6.07, 6.45) is 5.62. The van der Waals surface area contributed by atoms with E-state index in [0.29, 0.717) is 0 Å². The van der Waals surface area contributed by atoms with Crippen molar-refractivity contribution < 1.29 is 0 Å². The second-order valence-corrected chi connectivity index (χ2v) is 4.32. The molecule has 2 heterocycles. The summed E-state index contributed by atoms with van der Waals surface area (Å²) in [6, 6.07) is 0. The number of nitrogens with zero attached hydrogens (tertiary/aromatic N) is 4. The van der Waals surface area contributed by atoms with E-state index in [4.69, 9.17) is 0 Å². The summed E-state index contributed by atoms with van der Waals surface area (Å²) in [7, 11) is 4.06. The first-order valence-corrected chi connectivity index (χ1v) is 5.08. The van der Waals surface area contributed by atoms with Crippen molar-refractivity contribution in [3.05, 3.63) is 28.6 Å². The molecule has 14 heavy (non-hydrogen) atoms. The first kappa shape index (κ1) is 9.61. The SMILES string of the molecule is CN(C)Cc1cnc2c(Br)cnn2c1. The molecule has 74 valence electrons. The minimum atomic E-state index is 0.854. The molecule has 2 rings (SSSR count). The Balaban J connectivity index is 2.42. The van der Waals surface area contributed by atoms with Gasteiger partial charge in [-0.05, 0) is 30.0 Å². The summed E-state index contributed by atoms with van der Waals surface area (Å²) in [6.45, 7) is 0.875. The van der Waals surface area contributed by atoms with Gasteiger partial charge in [0, 0.05) is 24.5 Å². The maximum Gasteiger partial charge on any atom is 0.169 e. The molecule has 0 atom stereocenters. The van der Waals surface area contributed by atoms with Gasteiger partial charge in [0.1, 0.15) is 0 Å². The maximum atomic E-state index is 4.32. The lowest BCUT2D eigenvalue weighted by Gasteiger charge is -2.08. The quantitative estimate of drug-likeness (QED) is 0.816. The Bertz CT molecular complexity index is 449. The molecule has 0 N–H and O–H groups in total. The molecule has 0 aliphatic heterocycles. The van der Waals surface area contributed by atoms with Crippen molar-refractivity contribution in [3.63, 3.8) is 0 Å². The first-order valence-electron chi connectivity index (χ1n) is 4.29. The van der Waals surface area contributed by atoms with Gasteiger partial charge in [0.05, 0.1) is 10.7 Å². The van der Waals surface area contributed by atoms with E-state index in [1.807, 2.05) is 26.5 Å². The zero-order valence-electron chi connectivity index (χ0n) is 8.11. The van der Waals surface area contributed by atoms with Gasteiger partial charge in [-0.1, -0.05) is 0 Å². The molecular formula is C9H11BrN4.